The quantitative estimate of drug-likeness (QED) is 0.361. The van der Waals surface area contributed by atoms with Gasteiger partial charge in [-0.3, -0.25) is 4.57 Å². The lowest BCUT2D eigenvalue weighted by Crippen LogP contribution is -2.01. The molecular weight excluding hydrogens is 445 g/mol. The van der Waals surface area contributed by atoms with Gasteiger partial charge in [0.2, 0.25) is 5.75 Å². The summed E-state index contributed by atoms with van der Waals surface area (Å²) in [5.41, 5.74) is 1.98. The van der Waals surface area contributed by atoms with Gasteiger partial charge in [-0.1, -0.05) is 30.0 Å². The summed E-state index contributed by atoms with van der Waals surface area (Å²) in [5.74, 6) is 2.19. The van der Waals surface area contributed by atoms with E-state index in [0.29, 0.717) is 45.1 Å². The highest BCUT2D eigenvalue weighted by atomic mass is 32.2. The van der Waals surface area contributed by atoms with E-state index in [0.717, 1.165) is 5.69 Å². The minimum atomic E-state index is -0.273. The summed E-state index contributed by atoms with van der Waals surface area (Å²) in [6.07, 6.45) is 0. The predicted molar refractivity (Wildman–Crippen MR) is 124 cm³/mol. The Hall–Kier alpha value is -3.72. The number of phenols is 1. The highest BCUT2D eigenvalue weighted by molar-refractivity contribution is 7.98. The lowest BCUT2D eigenvalue weighted by Gasteiger charge is -2.15. The van der Waals surface area contributed by atoms with Gasteiger partial charge in [-0.25, -0.2) is 4.39 Å². The van der Waals surface area contributed by atoms with Gasteiger partial charge in [0.05, 0.1) is 21.3 Å². The molecule has 1 heterocycles. The molecule has 7 nitrogen and oxygen atoms in total. The Kier molecular flexibility index (Phi) is 6.69. The molecule has 9 heteroatoms. The molecule has 0 aliphatic rings. The molecular formula is C24H22FN3O4S. The fourth-order valence-corrected chi connectivity index (χ4v) is 4.29. The van der Waals surface area contributed by atoms with E-state index >= 15 is 0 Å². The fraction of sp³-hybridized carbons (Fsp3) is 0.167. The van der Waals surface area contributed by atoms with Crippen molar-refractivity contribution in [2.45, 2.75) is 10.9 Å². The number of thioether (sulfide) groups is 1. The van der Waals surface area contributed by atoms with Crippen molar-refractivity contribution in [3.05, 3.63) is 72.0 Å². The molecule has 0 unspecified atom stereocenters. The Bertz CT molecular complexity index is 1240. The van der Waals surface area contributed by atoms with Gasteiger partial charge in [-0.05, 0) is 48.0 Å². The number of aromatic nitrogens is 3. The number of rotatable bonds is 8. The minimum absolute atomic E-state index is 0.140. The van der Waals surface area contributed by atoms with Crippen LogP contribution in [0.1, 0.15) is 5.56 Å². The second-order valence-electron chi connectivity index (χ2n) is 6.95. The normalized spacial score (nSPS) is 10.8. The third-order valence-electron chi connectivity index (χ3n) is 4.98. The second-order valence-corrected chi connectivity index (χ2v) is 7.89. The Morgan fingerprint density at radius 1 is 0.909 bits per heavy atom. The van der Waals surface area contributed by atoms with Crippen molar-refractivity contribution in [3.8, 4) is 40.1 Å². The number of aromatic hydroxyl groups is 1. The van der Waals surface area contributed by atoms with Crippen LogP contribution in [0.25, 0.3) is 17.1 Å². The first-order valence-electron chi connectivity index (χ1n) is 9.97. The van der Waals surface area contributed by atoms with Crippen LogP contribution in [0.5, 0.6) is 23.0 Å². The maximum Gasteiger partial charge on any atom is 0.203 e. The van der Waals surface area contributed by atoms with Crippen LogP contribution >= 0.6 is 11.8 Å². The number of ether oxygens (including phenoxy) is 3. The maximum atomic E-state index is 14.1. The van der Waals surface area contributed by atoms with Gasteiger partial charge in [-0.2, -0.15) is 0 Å². The van der Waals surface area contributed by atoms with E-state index < -0.39 is 0 Å². The standard InChI is InChI=1S/C24H22FN3O4S/c1-30-20-12-16(13-21(31-2)22(20)32-3)23-26-27-24(28(23)17-8-10-18(29)11-9-17)33-14-15-6-4-5-7-19(15)25/h4-13,29H,14H2,1-3H3. The predicted octanol–water partition coefficient (Wildman–Crippen LogP) is 5.10. The number of halogens is 1. The summed E-state index contributed by atoms with van der Waals surface area (Å²) >= 11 is 1.36. The van der Waals surface area contributed by atoms with E-state index in [1.165, 1.54) is 24.9 Å². The minimum Gasteiger partial charge on any atom is -0.508 e. The maximum absolute atomic E-state index is 14.1. The van der Waals surface area contributed by atoms with E-state index in [1.807, 2.05) is 4.57 Å². The smallest absolute Gasteiger partial charge is 0.203 e. The lowest BCUT2D eigenvalue weighted by molar-refractivity contribution is 0.324. The molecule has 4 aromatic rings. The van der Waals surface area contributed by atoms with Crippen LogP contribution < -0.4 is 14.2 Å². The molecule has 0 amide bonds. The molecule has 0 aliphatic carbocycles. The highest BCUT2D eigenvalue weighted by Crippen LogP contribution is 2.42. The zero-order valence-corrected chi connectivity index (χ0v) is 19.1. The van der Waals surface area contributed by atoms with E-state index in [-0.39, 0.29) is 11.6 Å². The number of phenolic OH excluding ortho intramolecular Hbond substituents is 1. The van der Waals surface area contributed by atoms with Crippen molar-refractivity contribution in [3.63, 3.8) is 0 Å². The van der Waals surface area contributed by atoms with Gasteiger partial charge in [0, 0.05) is 17.0 Å². The summed E-state index contributed by atoms with van der Waals surface area (Å²) in [7, 11) is 4.62. The summed E-state index contributed by atoms with van der Waals surface area (Å²) in [6.45, 7) is 0. The molecule has 0 bridgehead atoms. The van der Waals surface area contributed by atoms with Crippen LogP contribution in [-0.4, -0.2) is 41.2 Å². The Morgan fingerprint density at radius 3 is 2.18 bits per heavy atom. The van der Waals surface area contributed by atoms with Crippen molar-refractivity contribution in [2.24, 2.45) is 0 Å². The second kappa shape index (κ2) is 9.83. The first kappa shape index (κ1) is 22.5. The molecule has 1 N–H and O–H groups in total. The monoisotopic (exact) mass is 467 g/mol. The topological polar surface area (TPSA) is 78.6 Å². The molecule has 3 aromatic carbocycles. The first-order chi connectivity index (χ1) is 16.0. The third-order valence-corrected chi connectivity index (χ3v) is 5.96. The average molecular weight is 468 g/mol. The van der Waals surface area contributed by atoms with Crippen molar-refractivity contribution in [2.75, 3.05) is 21.3 Å². The molecule has 0 spiro atoms. The van der Waals surface area contributed by atoms with Crippen LogP contribution in [0.15, 0.2) is 65.8 Å². The molecule has 0 atom stereocenters. The summed E-state index contributed by atoms with van der Waals surface area (Å²) in [5, 5.41) is 19.1. The summed E-state index contributed by atoms with van der Waals surface area (Å²) in [4.78, 5) is 0. The van der Waals surface area contributed by atoms with Crippen LogP contribution in [0.4, 0.5) is 4.39 Å². The average Bonchev–Trinajstić information content (AvgIpc) is 3.27. The lowest BCUT2D eigenvalue weighted by atomic mass is 10.1. The number of benzene rings is 3. The van der Waals surface area contributed by atoms with Crippen molar-refractivity contribution in [1.82, 2.24) is 14.8 Å². The zero-order chi connectivity index (χ0) is 23.4. The summed E-state index contributed by atoms with van der Waals surface area (Å²) < 4.78 is 32.4. The van der Waals surface area contributed by atoms with Crippen LogP contribution in [-0.2, 0) is 5.75 Å². The van der Waals surface area contributed by atoms with Gasteiger partial charge in [0.1, 0.15) is 11.6 Å². The molecule has 170 valence electrons. The number of nitrogens with zero attached hydrogens (tertiary/aromatic N) is 3. The van der Waals surface area contributed by atoms with E-state index in [9.17, 15) is 9.50 Å². The first-order valence-corrected chi connectivity index (χ1v) is 11.0. The summed E-state index contributed by atoms with van der Waals surface area (Å²) in [6, 6.07) is 16.9. The van der Waals surface area contributed by atoms with Crippen molar-refractivity contribution >= 4 is 11.8 Å². The molecule has 0 saturated carbocycles. The van der Waals surface area contributed by atoms with Gasteiger partial charge >= 0.3 is 0 Å². The third kappa shape index (κ3) is 4.58. The SMILES string of the molecule is COc1cc(-c2nnc(SCc3ccccc3F)n2-c2ccc(O)cc2)cc(OC)c1OC. The molecule has 0 saturated heterocycles. The Balaban J connectivity index is 1.82. The van der Waals surface area contributed by atoms with Crippen LogP contribution in [0.2, 0.25) is 0 Å². The number of methoxy groups -OCH3 is 3. The highest BCUT2D eigenvalue weighted by Gasteiger charge is 2.21. The van der Waals surface area contributed by atoms with Crippen molar-refractivity contribution in [1.29, 1.82) is 0 Å². The molecule has 0 fully saturated rings. The number of hydrogen-bond donors (Lipinski definition) is 1. The zero-order valence-electron chi connectivity index (χ0n) is 18.3. The van der Waals surface area contributed by atoms with E-state index in [1.54, 1.807) is 68.8 Å². The molecule has 33 heavy (non-hydrogen) atoms. The largest absolute Gasteiger partial charge is 0.508 e. The van der Waals surface area contributed by atoms with Gasteiger partial charge in [0.25, 0.3) is 0 Å². The number of hydrogen-bond acceptors (Lipinski definition) is 7. The van der Waals surface area contributed by atoms with E-state index in [4.69, 9.17) is 14.2 Å². The Labute approximate surface area is 194 Å². The van der Waals surface area contributed by atoms with Gasteiger partial charge in [-0.15, -0.1) is 10.2 Å². The van der Waals surface area contributed by atoms with Gasteiger partial charge in [0.15, 0.2) is 22.5 Å². The molecule has 4 rings (SSSR count). The Morgan fingerprint density at radius 2 is 1.58 bits per heavy atom. The molecule has 0 radical (unpaired) electrons. The van der Waals surface area contributed by atoms with E-state index in [2.05, 4.69) is 10.2 Å². The van der Waals surface area contributed by atoms with Gasteiger partial charge < -0.3 is 19.3 Å². The fourth-order valence-electron chi connectivity index (χ4n) is 3.35. The van der Waals surface area contributed by atoms with Crippen LogP contribution in [0, 0.1) is 5.82 Å². The van der Waals surface area contributed by atoms with Crippen molar-refractivity contribution < 1.29 is 23.7 Å². The molecule has 1 aromatic heterocycles. The molecule has 0 aliphatic heterocycles. The van der Waals surface area contributed by atoms with Crippen LogP contribution in [0.3, 0.4) is 0 Å².